The van der Waals surface area contributed by atoms with Crippen LogP contribution in [0.4, 0.5) is 0 Å². The SMILES string of the molecule is COc1cc(C2CC(=O)C3Cc4cc5cc6c4C4C#CCC7NC8CC9C(=C%10C=C(C(O)CC%10C%10=CC%11CCCC%11%12CC%109C9CC%12c%10cc(O)c(O)cc%10C89C(C3O)C7C#CC2Cc2ccccc2)C52CCCCC2)CSSCC(C6)C4O)c(CO)cc1O. The molecule has 12 heteroatoms. The van der Waals surface area contributed by atoms with Gasteiger partial charge in [0.2, 0.25) is 0 Å². The molecule has 4 saturated carbocycles. The number of carbonyl (C=O) groups is 1. The van der Waals surface area contributed by atoms with Gasteiger partial charge in [0.1, 0.15) is 5.78 Å². The van der Waals surface area contributed by atoms with Crippen LogP contribution in [0.3, 0.4) is 0 Å². The number of fused-ring (bicyclic) bond motifs is 10. The molecule has 13 aliphatic rings. The molecule has 0 amide bonds. The smallest absolute Gasteiger partial charge is 0.160 e. The fraction of sp³-hybridized carbons (Fsp3) is 0.545. The molecule has 17 rings (SSSR count). The topological polar surface area (TPSA) is 180 Å². The highest BCUT2D eigenvalue weighted by molar-refractivity contribution is 8.76. The molecule has 4 aromatic rings. The number of phenolic OH excluding ortho intramolecular Hbond substituents is 3. The van der Waals surface area contributed by atoms with E-state index in [1.807, 2.05) is 51.9 Å². The molecule has 10 nitrogen and oxygen atoms in total. The number of hydrogen-bond acceptors (Lipinski definition) is 12. The van der Waals surface area contributed by atoms with Gasteiger partial charge in [0.15, 0.2) is 23.0 Å². The Morgan fingerprint density at radius 3 is 2.43 bits per heavy atom. The number of rotatable bonds is 5. The minimum absolute atomic E-state index is 0.0183. The number of hydrogen-bond donors (Lipinski definition) is 8. The van der Waals surface area contributed by atoms with Gasteiger partial charge in [0.25, 0.3) is 0 Å². The summed E-state index contributed by atoms with van der Waals surface area (Å²) in [4.78, 5) is 17.3. The quantitative estimate of drug-likeness (QED) is 0.0411. The Hall–Kier alpha value is -5.41. The first-order valence-electron chi connectivity index (χ1n) is 33.8. The van der Waals surface area contributed by atoms with Crippen molar-refractivity contribution in [2.75, 3.05) is 18.6 Å². The lowest BCUT2D eigenvalue weighted by Gasteiger charge is -2.78. The summed E-state index contributed by atoms with van der Waals surface area (Å²) >= 11 is 0. The Morgan fingerprint density at radius 2 is 1.61 bits per heavy atom. The van der Waals surface area contributed by atoms with Gasteiger partial charge < -0.3 is 45.8 Å². The highest BCUT2D eigenvalue weighted by Gasteiger charge is 2.79. The summed E-state index contributed by atoms with van der Waals surface area (Å²) in [5.74, 6) is 13.3. The van der Waals surface area contributed by atoms with Gasteiger partial charge in [-0.25, -0.2) is 0 Å². The van der Waals surface area contributed by atoms with Crippen molar-refractivity contribution >= 4 is 27.4 Å². The zero-order valence-electron chi connectivity index (χ0n) is 50.7. The van der Waals surface area contributed by atoms with Crippen LogP contribution in [0.25, 0.3) is 0 Å². The van der Waals surface area contributed by atoms with E-state index in [4.69, 9.17) is 4.74 Å². The second-order valence-electron chi connectivity index (χ2n) is 30.2. The van der Waals surface area contributed by atoms with Crippen LogP contribution in [-0.2, 0) is 41.5 Å². The van der Waals surface area contributed by atoms with Crippen LogP contribution in [0, 0.1) is 87.8 Å². The minimum atomic E-state index is -1.28. The first-order chi connectivity index (χ1) is 43.3. The maximum Gasteiger partial charge on any atom is 0.160 e. The van der Waals surface area contributed by atoms with Gasteiger partial charge in [-0.15, -0.1) is 5.92 Å². The maximum atomic E-state index is 17.3. The molecule has 89 heavy (non-hydrogen) atoms. The van der Waals surface area contributed by atoms with Gasteiger partial charge >= 0.3 is 0 Å². The highest BCUT2D eigenvalue weighted by Crippen LogP contribution is 2.83. The summed E-state index contributed by atoms with van der Waals surface area (Å²) in [6, 6.07) is 21.6. The van der Waals surface area contributed by atoms with Crippen molar-refractivity contribution in [1.29, 1.82) is 0 Å². The largest absolute Gasteiger partial charge is 0.504 e. The standard InChI is InChI=1S/C77H81NO9S2/c1-87-67-31-50(43(35-79)25-66(67)84)49-28-62(80)54-24-42-23-46-22-41-21-44-36-88-89-37-55-51-27-60(74(46)17-6-3-7-18-74)63(81)29-52(51)57-26-45-12-9-19-75(45)38-76(57)58(55)34-69-77(59-32-65(83)64(82)30-53(59)56(75)33-68(76)77)71(73(54)86)47(16-15-40(49)20-39-10-4-2-5-11-39)61(78-69)14-8-13-48(70(41)42)72(44)85/h2,4-5,10-11,22-23,25-27,30-32,40,44-45,47-49,52,54,56,58,61,63,68-69,71-73,78-79,81-86H,3,6-7,9,12,14,17-21,24,28-29,33-38H2,1H3. The Balaban J connectivity index is 1.00. The predicted octanol–water partition coefficient (Wildman–Crippen LogP) is 11.4. The van der Waals surface area contributed by atoms with Crippen molar-refractivity contribution in [1.82, 2.24) is 5.32 Å². The van der Waals surface area contributed by atoms with Crippen LogP contribution in [0.15, 0.2) is 101 Å². The molecule has 2 aliphatic heterocycles. The van der Waals surface area contributed by atoms with E-state index in [0.29, 0.717) is 42.7 Å². The van der Waals surface area contributed by atoms with Crippen molar-refractivity contribution in [2.24, 2.45) is 64.1 Å². The molecule has 13 bridgehead atoms. The summed E-state index contributed by atoms with van der Waals surface area (Å²) in [5.41, 5.74) is 12.1. The first-order valence-corrected chi connectivity index (χ1v) is 36.3. The number of aromatic hydroxyl groups is 3. The average molecular weight is 1230 g/mol. The fourth-order valence-corrected chi connectivity index (χ4v) is 26.5. The summed E-state index contributed by atoms with van der Waals surface area (Å²) in [6.07, 6.45) is 15.6. The number of aliphatic hydroxyl groups excluding tert-OH is 4. The van der Waals surface area contributed by atoms with Crippen LogP contribution in [0.5, 0.6) is 23.0 Å². The molecule has 2 heterocycles. The zero-order valence-corrected chi connectivity index (χ0v) is 52.4. The lowest BCUT2D eigenvalue weighted by molar-refractivity contribution is -0.187. The predicted molar refractivity (Wildman–Crippen MR) is 344 cm³/mol. The third kappa shape index (κ3) is 7.60. The van der Waals surface area contributed by atoms with Crippen LogP contribution in [0.1, 0.15) is 158 Å². The molecular formula is C77H81NO9S2. The number of allylic oxidation sites excluding steroid dienone is 4. The number of carbonyl (C=O) groups excluding carboxylic acids is 1. The van der Waals surface area contributed by atoms with Crippen LogP contribution < -0.4 is 10.1 Å². The number of nitrogens with one attached hydrogen (secondary N) is 1. The molecule has 8 N–H and O–H groups in total. The zero-order chi connectivity index (χ0) is 60.2. The summed E-state index contributed by atoms with van der Waals surface area (Å²) in [5, 5.41) is 93.6. The summed E-state index contributed by atoms with van der Waals surface area (Å²) in [6.45, 7) is -0.396. The molecular weight excluding hydrogens is 1150 g/mol. The molecule has 1 saturated heterocycles. The average Bonchev–Trinajstić information content (AvgIpc) is 1.35. The van der Waals surface area contributed by atoms with Crippen LogP contribution >= 0.6 is 21.6 Å². The molecule has 20 unspecified atom stereocenters. The first kappa shape index (κ1) is 56.4. The number of methoxy groups -OCH3 is 1. The monoisotopic (exact) mass is 1230 g/mol. The Morgan fingerprint density at radius 1 is 0.787 bits per heavy atom. The third-order valence-corrected chi connectivity index (χ3v) is 29.6. The molecule has 4 spiro atoms. The van der Waals surface area contributed by atoms with Gasteiger partial charge in [0.05, 0.1) is 37.9 Å². The van der Waals surface area contributed by atoms with Gasteiger partial charge in [-0.1, -0.05) is 131 Å². The van der Waals surface area contributed by atoms with Crippen LogP contribution in [0.2, 0.25) is 0 Å². The molecule has 0 radical (unpaired) electrons. The summed E-state index contributed by atoms with van der Waals surface area (Å²) < 4.78 is 5.84. The number of phenols is 3. The van der Waals surface area contributed by atoms with Gasteiger partial charge in [0, 0.05) is 94.1 Å². The van der Waals surface area contributed by atoms with E-state index in [2.05, 4.69) is 65.4 Å². The number of piperidine rings is 1. The van der Waals surface area contributed by atoms with Crippen molar-refractivity contribution < 1.29 is 45.3 Å². The third-order valence-electron chi connectivity index (χ3n) is 27.1. The van der Waals surface area contributed by atoms with Crippen molar-refractivity contribution in [3.05, 3.63) is 151 Å². The van der Waals surface area contributed by atoms with E-state index in [0.717, 1.165) is 121 Å². The molecule has 11 aliphatic carbocycles. The van der Waals surface area contributed by atoms with E-state index in [1.165, 1.54) is 29.4 Å². The van der Waals surface area contributed by atoms with Crippen molar-refractivity contribution in [2.45, 2.75) is 175 Å². The van der Waals surface area contributed by atoms with E-state index in [1.54, 1.807) is 12.1 Å². The van der Waals surface area contributed by atoms with Crippen molar-refractivity contribution in [3.63, 3.8) is 0 Å². The van der Waals surface area contributed by atoms with Gasteiger partial charge in [-0.3, -0.25) is 4.79 Å². The van der Waals surface area contributed by atoms with E-state index >= 15 is 9.90 Å². The second kappa shape index (κ2) is 20.3. The Kier molecular flexibility index (Phi) is 12.9. The van der Waals surface area contributed by atoms with Gasteiger partial charge in [-0.05, 0) is 185 Å². The van der Waals surface area contributed by atoms with E-state index in [9.17, 15) is 30.6 Å². The number of Topliss-reactive ketones (excluding diaryl/α,β-unsaturated/α-hetero) is 1. The second-order valence-corrected chi connectivity index (χ2v) is 32.7. The highest BCUT2D eigenvalue weighted by atomic mass is 33.1. The lowest BCUT2D eigenvalue weighted by atomic mass is 9.27. The fourth-order valence-electron chi connectivity index (χ4n) is 23.9. The lowest BCUT2D eigenvalue weighted by Crippen LogP contribution is -2.79. The molecule has 4 aromatic carbocycles. The summed E-state index contributed by atoms with van der Waals surface area (Å²) in [7, 11) is 5.37. The minimum Gasteiger partial charge on any atom is -0.504 e. The molecule has 20 atom stereocenters. The number of benzene rings is 4. The van der Waals surface area contributed by atoms with Gasteiger partial charge in [-0.2, -0.15) is 0 Å². The number of ether oxygens (including phenoxy) is 1. The molecule has 0 aromatic heterocycles. The maximum absolute atomic E-state index is 17.3. The normalized spacial score (nSPS) is 40.8. The Bertz CT molecular complexity index is 3940. The van der Waals surface area contributed by atoms with Crippen molar-refractivity contribution in [3.8, 4) is 46.7 Å². The Labute approximate surface area is 530 Å². The number of aliphatic hydroxyl groups is 4. The van der Waals surface area contributed by atoms with Crippen LogP contribution in [-0.4, -0.2) is 90.5 Å². The molecule has 460 valence electrons. The number of ketones is 1. The van der Waals surface area contributed by atoms with E-state index < -0.39 is 82.7 Å². The molecule has 5 fully saturated rings. The van der Waals surface area contributed by atoms with E-state index in [-0.39, 0.29) is 82.7 Å².